The van der Waals surface area contributed by atoms with Crippen LogP contribution in [0.15, 0.2) is 70.4 Å². The molecule has 1 aromatic heterocycles. The van der Waals surface area contributed by atoms with Gasteiger partial charge in [0.15, 0.2) is 12.4 Å². The third-order valence-corrected chi connectivity index (χ3v) is 5.33. The molecule has 1 aliphatic heterocycles. The first-order valence-corrected chi connectivity index (χ1v) is 11.1. The van der Waals surface area contributed by atoms with E-state index >= 15 is 0 Å². The van der Waals surface area contributed by atoms with E-state index in [2.05, 4.69) is 16.6 Å². The highest BCUT2D eigenvalue weighted by molar-refractivity contribution is 7.85. The van der Waals surface area contributed by atoms with Crippen molar-refractivity contribution in [1.29, 1.82) is 0 Å². The Kier molecular flexibility index (Phi) is 8.61. The molecule has 0 spiro atoms. The van der Waals surface area contributed by atoms with E-state index in [0.717, 1.165) is 17.6 Å². The molecule has 1 aliphatic rings. The van der Waals surface area contributed by atoms with Gasteiger partial charge in [-0.1, -0.05) is 23.8 Å². The number of hydrogen-bond donors (Lipinski definition) is 1. The number of benzene rings is 1. The molecule has 0 bridgehead atoms. The fraction of sp³-hybridized carbons (Fsp3) is 0.318. The standard InChI is InChI=1S/C15H19N3O2.C7H8O3S/c1-11-6-7-13(12(2)20-11)9-16-17-15(19)14-5-4-8-18(3)10-14;1-6-2-4-7(5-3-6)11(8,9)10/h4-5,7-12H,6H2,1-3H3;2-5H,1H3,(H,8,9,10)/b16-9-;. The Balaban J connectivity index is 0.000000262. The first kappa shape index (κ1) is 24.4. The van der Waals surface area contributed by atoms with Crippen molar-refractivity contribution in [2.75, 3.05) is 0 Å². The molecule has 2 aromatic rings. The van der Waals surface area contributed by atoms with Gasteiger partial charge in [0.2, 0.25) is 0 Å². The Morgan fingerprint density at radius 3 is 2.52 bits per heavy atom. The lowest BCUT2D eigenvalue weighted by Crippen LogP contribution is -2.30. The summed E-state index contributed by atoms with van der Waals surface area (Å²) in [5, 5.41) is 3.99. The van der Waals surface area contributed by atoms with E-state index in [1.165, 1.54) is 12.1 Å². The van der Waals surface area contributed by atoms with Crippen LogP contribution in [0.3, 0.4) is 0 Å². The van der Waals surface area contributed by atoms with Crippen LogP contribution in [0.25, 0.3) is 0 Å². The third-order valence-electron chi connectivity index (χ3n) is 4.48. The van der Waals surface area contributed by atoms with Crippen molar-refractivity contribution in [3.05, 3.63) is 71.6 Å². The summed E-state index contributed by atoms with van der Waals surface area (Å²) in [5.41, 5.74) is 5.01. The van der Waals surface area contributed by atoms with Gasteiger partial charge < -0.3 is 9.29 Å². The van der Waals surface area contributed by atoms with E-state index in [-0.39, 0.29) is 23.0 Å². The van der Waals surface area contributed by atoms with Gasteiger partial charge in [-0.15, -0.1) is 0 Å². The van der Waals surface area contributed by atoms with Crippen molar-refractivity contribution in [3.63, 3.8) is 0 Å². The lowest BCUT2D eigenvalue weighted by atomic mass is 10.1. The summed E-state index contributed by atoms with van der Waals surface area (Å²) < 4.78 is 38.7. The van der Waals surface area contributed by atoms with E-state index in [0.29, 0.717) is 5.56 Å². The molecule has 166 valence electrons. The van der Waals surface area contributed by atoms with E-state index in [4.69, 9.17) is 4.74 Å². The summed E-state index contributed by atoms with van der Waals surface area (Å²) in [7, 11) is -2.40. The summed E-state index contributed by atoms with van der Waals surface area (Å²) >= 11 is 0. The second-order valence-corrected chi connectivity index (χ2v) is 8.63. The van der Waals surface area contributed by atoms with E-state index < -0.39 is 10.1 Å². The number of aromatic nitrogens is 1. The van der Waals surface area contributed by atoms with Crippen molar-refractivity contribution in [1.82, 2.24) is 5.43 Å². The lowest BCUT2D eigenvalue weighted by molar-refractivity contribution is -0.671. The number of pyridine rings is 1. The minimum atomic E-state index is -4.27. The number of hydrogen-bond acceptors (Lipinski definition) is 6. The number of nitrogens with one attached hydrogen (secondary N) is 1. The zero-order chi connectivity index (χ0) is 23.0. The van der Waals surface area contributed by atoms with Crippen molar-refractivity contribution >= 4 is 22.2 Å². The van der Waals surface area contributed by atoms with E-state index in [9.17, 15) is 17.8 Å². The number of carbonyl (C=O) groups excluding carboxylic acids is 1. The number of rotatable bonds is 4. The molecule has 9 heteroatoms. The minimum absolute atomic E-state index is 0.00827. The fourth-order valence-electron chi connectivity index (χ4n) is 2.77. The van der Waals surface area contributed by atoms with Gasteiger partial charge in [0.25, 0.3) is 5.91 Å². The first-order valence-electron chi connectivity index (χ1n) is 9.73. The van der Waals surface area contributed by atoms with Crippen LogP contribution in [0.5, 0.6) is 0 Å². The molecule has 8 nitrogen and oxygen atoms in total. The first-order chi connectivity index (χ1) is 14.6. The molecule has 0 saturated carbocycles. The van der Waals surface area contributed by atoms with Crippen LogP contribution in [-0.2, 0) is 21.9 Å². The van der Waals surface area contributed by atoms with Gasteiger partial charge in [-0.05, 0) is 51.0 Å². The molecule has 0 fully saturated rings. The average molecular weight is 446 g/mol. The average Bonchev–Trinajstić information content (AvgIpc) is 2.69. The Hall–Kier alpha value is -2.88. The molecule has 0 aliphatic carbocycles. The maximum absolute atomic E-state index is 11.9. The van der Waals surface area contributed by atoms with Crippen LogP contribution >= 0.6 is 0 Å². The molecule has 1 N–H and O–H groups in total. The van der Waals surface area contributed by atoms with Gasteiger partial charge in [0, 0.05) is 6.07 Å². The Bertz CT molecular complexity index is 1060. The third kappa shape index (κ3) is 8.05. The molecule has 2 heterocycles. The predicted octanol–water partition coefficient (Wildman–Crippen LogP) is 2.25. The van der Waals surface area contributed by atoms with Gasteiger partial charge in [-0.3, -0.25) is 4.79 Å². The molecule has 31 heavy (non-hydrogen) atoms. The van der Waals surface area contributed by atoms with Crippen LogP contribution in [-0.4, -0.2) is 37.3 Å². The highest BCUT2D eigenvalue weighted by Gasteiger charge is 2.16. The quantitative estimate of drug-likeness (QED) is 0.336. The van der Waals surface area contributed by atoms with Crippen LogP contribution in [0.2, 0.25) is 0 Å². The predicted molar refractivity (Wildman–Crippen MR) is 115 cm³/mol. The second kappa shape index (κ2) is 10.9. The Labute approximate surface area is 183 Å². The van der Waals surface area contributed by atoms with Crippen LogP contribution in [0, 0.1) is 6.92 Å². The van der Waals surface area contributed by atoms with Crippen LogP contribution < -0.4 is 9.99 Å². The molecule has 3 rings (SSSR count). The largest absolute Gasteiger partial charge is 0.744 e. The molecule has 2 unspecified atom stereocenters. The monoisotopic (exact) mass is 445 g/mol. The van der Waals surface area contributed by atoms with E-state index in [1.54, 1.807) is 30.6 Å². The van der Waals surface area contributed by atoms with Gasteiger partial charge in [0.1, 0.15) is 22.7 Å². The molecule has 1 amide bonds. The summed E-state index contributed by atoms with van der Waals surface area (Å²) in [4.78, 5) is 11.7. The minimum Gasteiger partial charge on any atom is -0.744 e. The number of amides is 1. The summed E-state index contributed by atoms with van der Waals surface area (Å²) in [6.45, 7) is 5.84. The highest BCUT2D eigenvalue weighted by atomic mass is 32.2. The van der Waals surface area contributed by atoms with Crippen molar-refractivity contribution < 1.29 is 27.1 Å². The van der Waals surface area contributed by atoms with Crippen LogP contribution in [0.1, 0.15) is 36.2 Å². The normalized spacial score (nSPS) is 18.7. The van der Waals surface area contributed by atoms with E-state index in [1.807, 2.05) is 44.6 Å². The molecule has 0 saturated heterocycles. The maximum Gasteiger partial charge on any atom is 0.277 e. The summed E-state index contributed by atoms with van der Waals surface area (Å²) in [6.07, 6.45) is 8.48. The molecular weight excluding hydrogens is 418 g/mol. The Morgan fingerprint density at radius 1 is 1.26 bits per heavy atom. The van der Waals surface area contributed by atoms with Crippen molar-refractivity contribution in [3.8, 4) is 0 Å². The number of carbonyl (C=O) groups is 1. The fourth-order valence-corrected chi connectivity index (χ4v) is 3.23. The molecular formula is C22H27N3O5S. The molecule has 1 aromatic carbocycles. The number of aryl methyl sites for hydroxylation is 2. The Morgan fingerprint density at radius 2 is 1.94 bits per heavy atom. The smallest absolute Gasteiger partial charge is 0.277 e. The van der Waals surface area contributed by atoms with Crippen molar-refractivity contribution in [2.45, 2.75) is 44.3 Å². The summed E-state index contributed by atoms with van der Waals surface area (Å²) in [5.74, 6) is -0.226. The zero-order valence-electron chi connectivity index (χ0n) is 18.0. The van der Waals surface area contributed by atoms with Gasteiger partial charge in [-0.25, -0.2) is 18.4 Å². The zero-order valence-corrected chi connectivity index (χ0v) is 18.8. The molecule has 2 atom stereocenters. The number of nitrogens with zero attached hydrogens (tertiary/aromatic N) is 2. The van der Waals surface area contributed by atoms with Crippen molar-refractivity contribution in [2.24, 2.45) is 12.1 Å². The van der Waals surface area contributed by atoms with Gasteiger partial charge >= 0.3 is 0 Å². The number of ether oxygens (including phenoxy) is 1. The topological polar surface area (TPSA) is 112 Å². The van der Waals surface area contributed by atoms with Crippen LogP contribution in [0.4, 0.5) is 0 Å². The maximum atomic E-state index is 11.9. The molecule has 0 radical (unpaired) electrons. The number of hydrazone groups is 1. The SMILES string of the molecule is CC1CC=C(/C=N\NC(=O)c2ccc[n+](C)c2)C(C)O1.Cc1ccc(S(=O)(=O)[O-])cc1. The van der Waals surface area contributed by atoms with Gasteiger partial charge in [0.05, 0.1) is 23.3 Å². The highest BCUT2D eigenvalue weighted by Crippen LogP contribution is 2.17. The second-order valence-electron chi connectivity index (χ2n) is 7.25. The lowest BCUT2D eigenvalue weighted by Gasteiger charge is -2.23. The van der Waals surface area contributed by atoms with Gasteiger partial charge in [-0.2, -0.15) is 5.10 Å². The summed E-state index contributed by atoms with van der Waals surface area (Å²) in [6, 6.07) is 9.35.